The Hall–Kier alpha value is -1.09. The predicted octanol–water partition coefficient (Wildman–Crippen LogP) is 3.64. The van der Waals surface area contributed by atoms with E-state index in [4.69, 9.17) is 4.74 Å². The number of hydrogen-bond donors (Lipinski definition) is 1. The van der Waals surface area contributed by atoms with Gasteiger partial charge in [-0.15, -0.1) is 0 Å². The van der Waals surface area contributed by atoms with Crippen LogP contribution in [-0.4, -0.2) is 24.2 Å². The van der Waals surface area contributed by atoms with Crippen LogP contribution in [0, 0.1) is 12.3 Å². The number of ether oxygens (including phenoxy) is 1. The van der Waals surface area contributed by atoms with Gasteiger partial charge in [0.15, 0.2) is 0 Å². The maximum absolute atomic E-state index is 6.45. The van der Waals surface area contributed by atoms with Crippen molar-refractivity contribution >= 4 is 0 Å². The van der Waals surface area contributed by atoms with Gasteiger partial charge >= 0.3 is 0 Å². The summed E-state index contributed by atoms with van der Waals surface area (Å²) in [5.41, 5.74) is 2.55. The van der Waals surface area contributed by atoms with Gasteiger partial charge < -0.3 is 10.1 Å². The third-order valence-electron chi connectivity index (χ3n) is 5.59. The first-order valence-electron chi connectivity index (χ1n) is 8.50. The van der Waals surface area contributed by atoms with E-state index in [0.29, 0.717) is 17.6 Å². The molecule has 2 aliphatic rings. The van der Waals surface area contributed by atoms with Crippen LogP contribution in [0.3, 0.4) is 0 Å². The first-order valence-corrected chi connectivity index (χ1v) is 8.50. The second kappa shape index (κ2) is 5.96. The molecule has 0 bridgehead atoms. The van der Waals surface area contributed by atoms with Crippen molar-refractivity contribution in [1.82, 2.24) is 10.3 Å². The molecule has 0 aromatic carbocycles. The predicted molar refractivity (Wildman–Crippen MR) is 85.8 cm³/mol. The average molecular weight is 288 g/mol. The van der Waals surface area contributed by atoms with Crippen molar-refractivity contribution in [3.05, 3.63) is 23.5 Å². The maximum Gasteiger partial charge on any atom is 0.141 e. The fraction of sp³-hybridized carbons (Fsp3) is 0.722. The highest BCUT2D eigenvalue weighted by Crippen LogP contribution is 2.53. The lowest BCUT2D eigenvalue weighted by Crippen LogP contribution is -2.64. The molecule has 2 aliphatic carbocycles. The lowest BCUT2D eigenvalue weighted by molar-refractivity contribution is -0.101. The van der Waals surface area contributed by atoms with E-state index in [1.807, 2.05) is 6.92 Å². The molecule has 3 heteroatoms. The molecule has 2 atom stereocenters. The fourth-order valence-corrected chi connectivity index (χ4v) is 4.31. The van der Waals surface area contributed by atoms with Gasteiger partial charge in [0.2, 0.25) is 0 Å². The number of pyridine rings is 1. The molecule has 3 rings (SSSR count). The van der Waals surface area contributed by atoms with E-state index in [2.05, 4.69) is 36.4 Å². The van der Waals surface area contributed by atoms with Crippen molar-refractivity contribution < 1.29 is 4.74 Å². The third-order valence-corrected chi connectivity index (χ3v) is 5.59. The van der Waals surface area contributed by atoms with Crippen molar-refractivity contribution in [3.63, 3.8) is 0 Å². The zero-order valence-electron chi connectivity index (χ0n) is 13.6. The highest BCUT2D eigenvalue weighted by molar-refractivity contribution is 5.30. The molecule has 0 radical (unpaired) electrons. The Morgan fingerprint density at radius 3 is 2.71 bits per heavy atom. The summed E-state index contributed by atoms with van der Waals surface area (Å²) >= 11 is 0. The lowest BCUT2D eigenvalue weighted by atomic mass is 9.55. The highest BCUT2D eigenvalue weighted by Gasteiger charge is 2.56. The molecule has 0 saturated heterocycles. The number of hydrogen-bond acceptors (Lipinski definition) is 3. The molecule has 3 nitrogen and oxygen atoms in total. The smallest absolute Gasteiger partial charge is 0.141 e. The number of aryl methyl sites for hydroxylation is 2. The van der Waals surface area contributed by atoms with Crippen LogP contribution < -0.4 is 10.1 Å². The maximum atomic E-state index is 6.45. The lowest BCUT2D eigenvalue weighted by Gasteiger charge is -2.57. The zero-order chi connectivity index (χ0) is 14.9. The topological polar surface area (TPSA) is 34.1 Å². The average Bonchev–Trinajstić information content (AvgIpc) is 2.52. The van der Waals surface area contributed by atoms with Crippen LogP contribution in [0.2, 0.25) is 0 Å². The molecule has 2 saturated carbocycles. The summed E-state index contributed by atoms with van der Waals surface area (Å²) in [6.45, 7) is 4.20. The Balaban J connectivity index is 1.78. The summed E-state index contributed by atoms with van der Waals surface area (Å²) in [6, 6.07) is 4.81. The normalized spacial score (nSPS) is 27.4. The van der Waals surface area contributed by atoms with Crippen LogP contribution in [0.5, 0.6) is 5.75 Å². The summed E-state index contributed by atoms with van der Waals surface area (Å²) in [5, 5.41) is 3.52. The molecule has 2 unspecified atom stereocenters. The summed E-state index contributed by atoms with van der Waals surface area (Å²) in [7, 11) is 2.10. The Bertz CT molecular complexity index is 494. The van der Waals surface area contributed by atoms with Crippen molar-refractivity contribution in [1.29, 1.82) is 0 Å². The number of nitrogens with zero attached hydrogens (tertiary/aromatic N) is 1. The Labute approximate surface area is 128 Å². The monoisotopic (exact) mass is 288 g/mol. The van der Waals surface area contributed by atoms with Gasteiger partial charge in [-0.3, -0.25) is 4.98 Å². The Morgan fingerprint density at radius 1 is 1.29 bits per heavy atom. The first kappa shape index (κ1) is 14.8. The second-order valence-electron chi connectivity index (χ2n) is 6.73. The number of aromatic nitrogens is 1. The van der Waals surface area contributed by atoms with Gasteiger partial charge in [-0.1, -0.05) is 26.2 Å². The van der Waals surface area contributed by atoms with Crippen LogP contribution in [0.4, 0.5) is 0 Å². The minimum absolute atomic E-state index is 0.364. The van der Waals surface area contributed by atoms with Crippen molar-refractivity contribution in [2.45, 2.75) is 70.9 Å². The van der Waals surface area contributed by atoms with E-state index in [1.54, 1.807) is 0 Å². The summed E-state index contributed by atoms with van der Waals surface area (Å²) in [4.78, 5) is 4.64. The quantitative estimate of drug-likeness (QED) is 0.918. The van der Waals surface area contributed by atoms with E-state index in [0.717, 1.165) is 30.0 Å². The summed E-state index contributed by atoms with van der Waals surface area (Å²) < 4.78 is 6.45. The van der Waals surface area contributed by atoms with Gasteiger partial charge in [0.1, 0.15) is 11.9 Å². The van der Waals surface area contributed by atoms with Crippen LogP contribution in [0.15, 0.2) is 12.1 Å². The van der Waals surface area contributed by atoms with Crippen LogP contribution >= 0.6 is 0 Å². The van der Waals surface area contributed by atoms with Crippen LogP contribution in [-0.2, 0) is 6.42 Å². The van der Waals surface area contributed by atoms with Crippen LogP contribution in [0.1, 0.15) is 56.8 Å². The molecule has 116 valence electrons. The zero-order valence-corrected chi connectivity index (χ0v) is 13.6. The van der Waals surface area contributed by atoms with Gasteiger partial charge in [-0.25, -0.2) is 0 Å². The molecule has 1 spiro atoms. The van der Waals surface area contributed by atoms with E-state index in [9.17, 15) is 0 Å². The third kappa shape index (κ3) is 2.57. The second-order valence-corrected chi connectivity index (χ2v) is 6.73. The molecule has 21 heavy (non-hydrogen) atoms. The Morgan fingerprint density at radius 2 is 2.05 bits per heavy atom. The van der Waals surface area contributed by atoms with Gasteiger partial charge in [0, 0.05) is 23.6 Å². The largest absolute Gasteiger partial charge is 0.488 e. The van der Waals surface area contributed by atoms with E-state index in [1.165, 1.54) is 32.1 Å². The SMILES string of the molecule is CCc1nc(C)ccc1OC1CC(NC)C12CCCCC2. The minimum Gasteiger partial charge on any atom is -0.488 e. The van der Waals surface area contributed by atoms with Gasteiger partial charge in [-0.2, -0.15) is 0 Å². The summed E-state index contributed by atoms with van der Waals surface area (Å²) in [5.74, 6) is 1.01. The highest BCUT2D eigenvalue weighted by atomic mass is 16.5. The van der Waals surface area contributed by atoms with Gasteiger partial charge in [-0.05, 0) is 45.4 Å². The molecule has 0 amide bonds. The van der Waals surface area contributed by atoms with E-state index < -0.39 is 0 Å². The number of rotatable bonds is 4. The minimum atomic E-state index is 0.364. The molecule has 1 N–H and O–H groups in total. The van der Waals surface area contributed by atoms with Gasteiger partial charge in [0.25, 0.3) is 0 Å². The van der Waals surface area contributed by atoms with Gasteiger partial charge in [0.05, 0.1) is 5.69 Å². The van der Waals surface area contributed by atoms with Crippen molar-refractivity contribution in [2.75, 3.05) is 7.05 Å². The van der Waals surface area contributed by atoms with E-state index in [-0.39, 0.29) is 0 Å². The van der Waals surface area contributed by atoms with Crippen molar-refractivity contribution in [2.24, 2.45) is 5.41 Å². The number of nitrogens with one attached hydrogen (secondary N) is 1. The molecule has 1 aromatic heterocycles. The molecular weight excluding hydrogens is 260 g/mol. The molecular formula is C18H28N2O. The van der Waals surface area contributed by atoms with Crippen LogP contribution in [0.25, 0.3) is 0 Å². The van der Waals surface area contributed by atoms with E-state index >= 15 is 0 Å². The Kier molecular flexibility index (Phi) is 4.21. The molecule has 1 aromatic rings. The molecule has 0 aliphatic heterocycles. The molecule has 2 fully saturated rings. The fourth-order valence-electron chi connectivity index (χ4n) is 4.31. The standard InChI is InChI=1S/C18H28N2O/c1-4-14-15(9-8-13(2)20-14)21-17-12-16(19-3)18(17)10-6-5-7-11-18/h8-9,16-17,19H,4-7,10-12H2,1-3H3. The first-order chi connectivity index (χ1) is 10.2. The summed E-state index contributed by atoms with van der Waals surface area (Å²) in [6.07, 6.45) is 9.14. The van der Waals surface area contributed by atoms with Crippen molar-refractivity contribution in [3.8, 4) is 5.75 Å². The molecule has 1 heterocycles.